The van der Waals surface area contributed by atoms with Crippen LogP contribution in [0.3, 0.4) is 0 Å². The van der Waals surface area contributed by atoms with Crippen molar-refractivity contribution < 1.29 is 0 Å². The third kappa shape index (κ3) is 2.99. The van der Waals surface area contributed by atoms with Crippen molar-refractivity contribution in [2.45, 2.75) is 38.0 Å². The molecule has 27 heavy (non-hydrogen) atoms. The quantitative estimate of drug-likeness (QED) is 0.703. The van der Waals surface area contributed by atoms with Crippen LogP contribution < -0.4 is 4.90 Å². The molecule has 2 aliphatic rings. The second kappa shape index (κ2) is 6.76. The summed E-state index contributed by atoms with van der Waals surface area (Å²) in [4.78, 5) is 2.37. The monoisotopic (exact) mass is 360 g/mol. The molecular weight excluding hydrogens is 336 g/mol. The Hall–Kier alpha value is -2.76. The summed E-state index contributed by atoms with van der Waals surface area (Å²) in [5.41, 5.74) is 5.05. The van der Waals surface area contributed by atoms with E-state index in [1.54, 1.807) is 6.33 Å². The zero-order valence-corrected chi connectivity index (χ0v) is 15.7. The van der Waals surface area contributed by atoms with Gasteiger partial charge in [0, 0.05) is 31.6 Å². The molecule has 0 atom stereocenters. The van der Waals surface area contributed by atoms with E-state index in [0.29, 0.717) is 5.92 Å². The van der Waals surface area contributed by atoms with Crippen LogP contribution in [0.4, 0.5) is 5.82 Å². The summed E-state index contributed by atoms with van der Waals surface area (Å²) in [7, 11) is 2.03. The maximum absolute atomic E-state index is 4.66. The predicted molar refractivity (Wildman–Crippen MR) is 105 cm³/mol. The van der Waals surface area contributed by atoms with Gasteiger partial charge in [0.1, 0.15) is 12.2 Å². The first kappa shape index (κ1) is 16.4. The normalized spacial score (nSPS) is 17.3. The lowest BCUT2D eigenvalue weighted by Gasteiger charge is -2.32. The van der Waals surface area contributed by atoms with E-state index in [-0.39, 0.29) is 0 Å². The van der Waals surface area contributed by atoms with Gasteiger partial charge in [-0.2, -0.15) is 0 Å². The van der Waals surface area contributed by atoms with Crippen molar-refractivity contribution in [3.05, 3.63) is 53.6 Å². The summed E-state index contributed by atoms with van der Waals surface area (Å²) in [6.07, 6.45) is 7.30. The summed E-state index contributed by atoms with van der Waals surface area (Å²) in [6.45, 7) is 1.98. The lowest BCUT2D eigenvalue weighted by Crippen LogP contribution is -2.34. The number of fused-ring (bicyclic) bond motifs is 3. The average Bonchev–Trinajstić information content (AvgIpc) is 3.05. The number of hydrogen-bond donors (Lipinski definition) is 0. The number of hydrogen-bond acceptors (Lipinski definition) is 5. The maximum atomic E-state index is 4.66. The summed E-state index contributed by atoms with van der Waals surface area (Å²) < 4.78 is 2.04. The number of aryl methyl sites for hydroxylation is 3. The minimum absolute atomic E-state index is 0.481. The Bertz CT molecular complexity index is 955. The Kier molecular flexibility index (Phi) is 4.11. The molecule has 0 radical (unpaired) electrons. The number of nitrogens with zero attached hydrogens (tertiary/aromatic N) is 6. The van der Waals surface area contributed by atoms with Gasteiger partial charge in [0.25, 0.3) is 0 Å². The molecule has 1 aromatic carbocycles. The van der Waals surface area contributed by atoms with Gasteiger partial charge in [0.2, 0.25) is 0 Å². The highest BCUT2D eigenvalue weighted by molar-refractivity contribution is 5.68. The average molecular weight is 360 g/mol. The highest BCUT2D eigenvalue weighted by Gasteiger charge is 2.25. The van der Waals surface area contributed by atoms with Crippen molar-refractivity contribution in [1.29, 1.82) is 0 Å². The standard InChI is InChI=1S/C21H24N6/c1-26-14-22-25-21(26)16-9-11-27(12-10-16)19-13-17-7-4-6-15-5-2-3-8-18(15)20(17)24-23-19/h2-3,5,8,13-14,16H,4,6-7,9-12H2,1H3. The molecule has 1 aliphatic heterocycles. The van der Waals surface area contributed by atoms with Crippen LogP contribution in [0, 0.1) is 0 Å². The Morgan fingerprint density at radius 1 is 0.963 bits per heavy atom. The van der Waals surface area contributed by atoms with Crippen LogP contribution in [0.5, 0.6) is 0 Å². The fourth-order valence-corrected chi connectivity index (χ4v) is 4.46. The van der Waals surface area contributed by atoms with Crippen LogP contribution in [0.15, 0.2) is 36.7 Å². The fourth-order valence-electron chi connectivity index (χ4n) is 4.46. The number of rotatable bonds is 2. The highest BCUT2D eigenvalue weighted by Crippen LogP contribution is 2.33. The van der Waals surface area contributed by atoms with Crippen LogP contribution in [0.2, 0.25) is 0 Å². The van der Waals surface area contributed by atoms with Crippen molar-refractivity contribution in [3.63, 3.8) is 0 Å². The Morgan fingerprint density at radius 2 is 1.78 bits per heavy atom. The minimum Gasteiger partial charge on any atom is -0.355 e. The van der Waals surface area contributed by atoms with Crippen molar-refractivity contribution in [1.82, 2.24) is 25.0 Å². The van der Waals surface area contributed by atoms with Gasteiger partial charge in [-0.15, -0.1) is 20.4 Å². The largest absolute Gasteiger partial charge is 0.355 e. The molecule has 5 rings (SSSR count). The fraction of sp³-hybridized carbons (Fsp3) is 0.429. The molecule has 3 heterocycles. The second-order valence-electron chi connectivity index (χ2n) is 7.65. The third-order valence-electron chi connectivity index (χ3n) is 5.96. The van der Waals surface area contributed by atoms with Gasteiger partial charge >= 0.3 is 0 Å². The first-order chi connectivity index (χ1) is 13.3. The molecule has 3 aromatic rings. The summed E-state index contributed by atoms with van der Waals surface area (Å²) in [5, 5.41) is 17.6. The van der Waals surface area contributed by atoms with Gasteiger partial charge < -0.3 is 9.47 Å². The van der Waals surface area contributed by atoms with Gasteiger partial charge in [-0.25, -0.2) is 0 Å². The van der Waals surface area contributed by atoms with E-state index in [2.05, 4.69) is 55.6 Å². The van der Waals surface area contributed by atoms with Crippen LogP contribution in [0.1, 0.15) is 42.1 Å². The summed E-state index contributed by atoms with van der Waals surface area (Å²) >= 11 is 0. The van der Waals surface area contributed by atoms with Crippen molar-refractivity contribution in [2.75, 3.05) is 18.0 Å². The Labute approximate surface area is 159 Å². The first-order valence-corrected chi connectivity index (χ1v) is 9.83. The van der Waals surface area contributed by atoms with Crippen molar-refractivity contribution in [3.8, 4) is 11.3 Å². The molecule has 0 bridgehead atoms. The van der Waals surface area contributed by atoms with Crippen LogP contribution in [-0.4, -0.2) is 38.1 Å². The summed E-state index contributed by atoms with van der Waals surface area (Å²) in [5.74, 6) is 2.60. The van der Waals surface area contributed by atoms with E-state index >= 15 is 0 Å². The zero-order valence-electron chi connectivity index (χ0n) is 15.7. The van der Waals surface area contributed by atoms with Crippen LogP contribution >= 0.6 is 0 Å². The van der Waals surface area contributed by atoms with E-state index in [1.807, 2.05) is 11.6 Å². The maximum Gasteiger partial charge on any atom is 0.151 e. The van der Waals surface area contributed by atoms with E-state index in [9.17, 15) is 0 Å². The van der Waals surface area contributed by atoms with Gasteiger partial charge in [0.05, 0.1) is 5.69 Å². The topological polar surface area (TPSA) is 59.7 Å². The molecule has 1 aliphatic carbocycles. The summed E-state index contributed by atoms with van der Waals surface area (Å²) in [6, 6.07) is 10.9. The molecule has 1 saturated heterocycles. The van der Waals surface area contributed by atoms with Gasteiger partial charge in [-0.05, 0) is 49.3 Å². The van der Waals surface area contributed by atoms with Crippen molar-refractivity contribution >= 4 is 5.82 Å². The minimum atomic E-state index is 0.481. The second-order valence-corrected chi connectivity index (χ2v) is 7.65. The zero-order chi connectivity index (χ0) is 18.2. The molecule has 0 N–H and O–H groups in total. The van der Waals surface area contributed by atoms with Gasteiger partial charge in [0.15, 0.2) is 5.82 Å². The first-order valence-electron chi connectivity index (χ1n) is 9.83. The predicted octanol–water partition coefficient (Wildman–Crippen LogP) is 3.14. The molecule has 2 aromatic heterocycles. The van der Waals surface area contributed by atoms with Gasteiger partial charge in [-0.1, -0.05) is 24.3 Å². The molecule has 138 valence electrons. The molecule has 1 fully saturated rings. The number of aromatic nitrogens is 5. The third-order valence-corrected chi connectivity index (χ3v) is 5.96. The van der Waals surface area contributed by atoms with E-state index in [1.165, 1.54) is 23.1 Å². The molecule has 0 saturated carbocycles. The van der Waals surface area contributed by atoms with E-state index in [4.69, 9.17) is 0 Å². The SMILES string of the molecule is Cn1cnnc1C1CCN(c2cc3c(nn2)-c2ccccc2CCC3)CC1. The molecule has 0 spiro atoms. The van der Waals surface area contributed by atoms with Crippen LogP contribution in [0.25, 0.3) is 11.3 Å². The van der Waals surface area contributed by atoms with Crippen LogP contribution in [-0.2, 0) is 19.9 Å². The van der Waals surface area contributed by atoms with Crippen molar-refractivity contribution in [2.24, 2.45) is 7.05 Å². The molecule has 6 heteroatoms. The lowest BCUT2D eigenvalue weighted by atomic mass is 9.96. The Balaban J connectivity index is 1.37. The number of benzene rings is 1. The number of anilines is 1. The number of piperidine rings is 1. The van der Waals surface area contributed by atoms with E-state index < -0.39 is 0 Å². The molecule has 0 unspecified atom stereocenters. The smallest absolute Gasteiger partial charge is 0.151 e. The molecular formula is C21H24N6. The van der Waals surface area contributed by atoms with Gasteiger partial charge in [-0.3, -0.25) is 0 Å². The molecule has 0 amide bonds. The Morgan fingerprint density at radius 3 is 2.59 bits per heavy atom. The van der Waals surface area contributed by atoms with E-state index in [0.717, 1.165) is 56.1 Å². The molecule has 6 nitrogen and oxygen atoms in total. The highest BCUT2D eigenvalue weighted by atomic mass is 15.3. The lowest BCUT2D eigenvalue weighted by molar-refractivity contribution is 0.471.